The average molecular weight is 528 g/mol. The van der Waals surface area contributed by atoms with Crippen LogP contribution >= 0.6 is 0 Å². The van der Waals surface area contributed by atoms with Crippen LogP contribution in [0, 0.1) is 20.8 Å². The van der Waals surface area contributed by atoms with Crippen molar-refractivity contribution in [1.82, 2.24) is 25.2 Å². The smallest absolute Gasteiger partial charge is 0.318 e. The summed E-state index contributed by atoms with van der Waals surface area (Å²) in [6, 6.07) is 9.97. The Morgan fingerprint density at radius 1 is 1.05 bits per heavy atom. The molecule has 2 aromatic heterocycles. The van der Waals surface area contributed by atoms with Crippen LogP contribution in [0.4, 0.5) is 4.79 Å². The molecule has 0 saturated carbocycles. The molecule has 0 radical (unpaired) electrons. The van der Waals surface area contributed by atoms with Gasteiger partial charge in [-0.15, -0.1) is 0 Å². The molecule has 0 saturated heterocycles. The van der Waals surface area contributed by atoms with E-state index in [0.717, 1.165) is 33.6 Å². The van der Waals surface area contributed by atoms with Crippen molar-refractivity contribution < 1.29 is 18.7 Å². The third-order valence-corrected chi connectivity index (χ3v) is 6.99. The van der Waals surface area contributed by atoms with Gasteiger partial charge in [-0.3, -0.25) is 9.97 Å². The minimum absolute atomic E-state index is 0.162. The molecule has 9 nitrogen and oxygen atoms in total. The third kappa shape index (κ3) is 5.87. The number of oxazole rings is 1. The Balaban J connectivity index is 1.46. The molecule has 0 aliphatic carbocycles. The molecule has 1 N–H and O–H groups in total. The number of aromatic nitrogens is 3. The number of aryl methyl sites for hydroxylation is 3. The molecule has 1 aliphatic heterocycles. The molecule has 9 heteroatoms. The van der Waals surface area contributed by atoms with Crippen LogP contribution in [0.5, 0.6) is 11.5 Å². The van der Waals surface area contributed by atoms with E-state index in [2.05, 4.69) is 52.3 Å². The predicted octanol–water partition coefficient (Wildman–Crippen LogP) is 4.88. The van der Waals surface area contributed by atoms with Crippen molar-refractivity contribution in [3.63, 3.8) is 0 Å². The summed E-state index contributed by atoms with van der Waals surface area (Å²) in [4.78, 5) is 28.3. The average Bonchev–Trinajstić information content (AvgIpc) is 3.46. The van der Waals surface area contributed by atoms with E-state index < -0.39 is 0 Å². The van der Waals surface area contributed by atoms with Gasteiger partial charge >= 0.3 is 6.03 Å². The van der Waals surface area contributed by atoms with E-state index in [0.29, 0.717) is 43.2 Å². The number of rotatable bonds is 8. The second-order valence-corrected chi connectivity index (χ2v) is 9.79. The first kappa shape index (κ1) is 26.2. The largest absolute Gasteiger partial charge is 0.493 e. The van der Waals surface area contributed by atoms with E-state index in [1.165, 1.54) is 18.2 Å². The zero-order chi connectivity index (χ0) is 27.4. The van der Waals surface area contributed by atoms with Crippen molar-refractivity contribution >= 4 is 6.03 Å². The molecule has 202 valence electrons. The normalized spacial score (nSPS) is 14.6. The fourth-order valence-corrected chi connectivity index (χ4v) is 4.99. The van der Waals surface area contributed by atoms with Crippen LogP contribution in [0.2, 0.25) is 0 Å². The highest BCUT2D eigenvalue weighted by molar-refractivity contribution is 5.76. The van der Waals surface area contributed by atoms with Gasteiger partial charge in [0.2, 0.25) is 0 Å². The van der Waals surface area contributed by atoms with Crippen LogP contribution in [0.15, 0.2) is 59.8 Å². The maximum atomic E-state index is 13.5. The first-order valence-electron chi connectivity index (χ1n) is 13.0. The number of hydrogen-bond donors (Lipinski definition) is 1. The SMILES string of the molecule is COc1cc2c(cc1OCCc1cnc(C)cn1)C(c1ccc(C)cc1C)N(C(=O)NCc1cocn1)CC2. The molecule has 2 aromatic carbocycles. The summed E-state index contributed by atoms with van der Waals surface area (Å²) in [7, 11) is 1.65. The van der Waals surface area contributed by atoms with E-state index in [9.17, 15) is 4.79 Å². The molecule has 0 bridgehead atoms. The lowest BCUT2D eigenvalue weighted by molar-refractivity contribution is 0.179. The number of nitrogens with zero attached hydrogens (tertiary/aromatic N) is 4. The van der Waals surface area contributed by atoms with E-state index >= 15 is 0 Å². The molecular formula is C30H33N5O4. The van der Waals surface area contributed by atoms with Gasteiger partial charge in [0.05, 0.1) is 43.4 Å². The van der Waals surface area contributed by atoms with Crippen molar-refractivity contribution in [3.05, 3.63) is 100 Å². The summed E-state index contributed by atoms with van der Waals surface area (Å²) < 4.78 is 17.0. The quantitative estimate of drug-likeness (QED) is 0.348. The second kappa shape index (κ2) is 11.6. The summed E-state index contributed by atoms with van der Waals surface area (Å²) in [5.74, 6) is 1.31. The van der Waals surface area contributed by atoms with Crippen LogP contribution in [0.3, 0.4) is 0 Å². The lowest BCUT2D eigenvalue weighted by atomic mass is 9.85. The summed E-state index contributed by atoms with van der Waals surface area (Å²) in [6.07, 6.45) is 7.73. The number of benzene rings is 2. The Morgan fingerprint density at radius 2 is 1.92 bits per heavy atom. The number of urea groups is 1. The van der Waals surface area contributed by atoms with Crippen LogP contribution < -0.4 is 14.8 Å². The fraction of sp³-hybridized carbons (Fsp3) is 0.333. The van der Waals surface area contributed by atoms with E-state index in [1.54, 1.807) is 19.5 Å². The van der Waals surface area contributed by atoms with Gasteiger partial charge < -0.3 is 24.1 Å². The van der Waals surface area contributed by atoms with Crippen molar-refractivity contribution in [2.24, 2.45) is 0 Å². The van der Waals surface area contributed by atoms with E-state index in [-0.39, 0.29) is 18.6 Å². The third-order valence-electron chi connectivity index (χ3n) is 6.99. The lowest BCUT2D eigenvalue weighted by Gasteiger charge is -2.38. The maximum absolute atomic E-state index is 13.5. The Bertz CT molecular complexity index is 1440. The number of carbonyl (C=O) groups is 1. The number of carbonyl (C=O) groups excluding carboxylic acids is 1. The molecule has 0 fully saturated rings. The highest BCUT2D eigenvalue weighted by Crippen LogP contribution is 2.42. The van der Waals surface area contributed by atoms with Gasteiger partial charge in [0.15, 0.2) is 17.9 Å². The molecule has 5 rings (SSSR count). The first-order chi connectivity index (χ1) is 18.9. The molecular weight excluding hydrogens is 494 g/mol. The predicted molar refractivity (Wildman–Crippen MR) is 146 cm³/mol. The Labute approximate surface area is 228 Å². The van der Waals surface area contributed by atoms with Crippen LogP contribution in [0.1, 0.15) is 50.9 Å². The van der Waals surface area contributed by atoms with Crippen molar-refractivity contribution in [3.8, 4) is 11.5 Å². The molecule has 3 heterocycles. The highest BCUT2D eigenvalue weighted by Gasteiger charge is 2.34. The van der Waals surface area contributed by atoms with Crippen molar-refractivity contribution in [2.75, 3.05) is 20.3 Å². The number of fused-ring (bicyclic) bond motifs is 1. The highest BCUT2D eigenvalue weighted by atomic mass is 16.5. The molecule has 1 unspecified atom stereocenters. The molecule has 1 aliphatic rings. The zero-order valence-electron chi connectivity index (χ0n) is 22.7. The second-order valence-electron chi connectivity index (χ2n) is 9.79. The minimum Gasteiger partial charge on any atom is -0.493 e. The van der Waals surface area contributed by atoms with Gasteiger partial charge in [-0.25, -0.2) is 9.78 Å². The van der Waals surface area contributed by atoms with E-state index in [1.807, 2.05) is 24.0 Å². The van der Waals surface area contributed by atoms with Gasteiger partial charge in [-0.1, -0.05) is 23.8 Å². The summed E-state index contributed by atoms with van der Waals surface area (Å²) in [5, 5.41) is 3.01. The number of methoxy groups -OCH3 is 1. The van der Waals surface area contributed by atoms with Gasteiger partial charge in [-0.2, -0.15) is 0 Å². The van der Waals surface area contributed by atoms with Gasteiger partial charge in [0.1, 0.15) is 6.26 Å². The Hall–Kier alpha value is -4.40. The molecule has 4 aromatic rings. The molecule has 2 amide bonds. The minimum atomic E-state index is -0.289. The number of nitrogens with one attached hydrogen (secondary N) is 1. The standard InChI is InChI=1S/C30H33N5O4/c1-19-5-6-25(20(2)11-19)29-26-13-28(39-10-8-23-15-31-21(3)14-32-23)27(37-4)12-22(26)7-9-35(29)30(36)33-16-24-17-38-18-34-24/h5-6,11-15,17-18,29H,7-10,16H2,1-4H3,(H,33,36). The van der Waals surface area contributed by atoms with Crippen molar-refractivity contribution in [2.45, 2.75) is 46.2 Å². The van der Waals surface area contributed by atoms with Crippen LogP contribution in [-0.4, -0.2) is 46.1 Å². The number of amides is 2. The lowest BCUT2D eigenvalue weighted by Crippen LogP contribution is -2.46. The van der Waals surface area contributed by atoms with Crippen LogP contribution in [0.25, 0.3) is 0 Å². The number of ether oxygens (including phenoxy) is 2. The molecule has 39 heavy (non-hydrogen) atoms. The summed E-state index contributed by atoms with van der Waals surface area (Å²) >= 11 is 0. The van der Waals surface area contributed by atoms with Gasteiger partial charge in [-0.05, 0) is 61.6 Å². The van der Waals surface area contributed by atoms with Gasteiger partial charge in [0, 0.05) is 25.4 Å². The molecule has 1 atom stereocenters. The molecule has 0 spiro atoms. The topological polar surface area (TPSA) is 103 Å². The maximum Gasteiger partial charge on any atom is 0.318 e. The van der Waals surface area contributed by atoms with Crippen LogP contribution in [-0.2, 0) is 19.4 Å². The Morgan fingerprint density at radius 3 is 2.64 bits per heavy atom. The number of hydrogen-bond acceptors (Lipinski definition) is 7. The summed E-state index contributed by atoms with van der Waals surface area (Å²) in [5.41, 5.74) is 7.94. The zero-order valence-corrected chi connectivity index (χ0v) is 22.7. The monoisotopic (exact) mass is 527 g/mol. The first-order valence-corrected chi connectivity index (χ1v) is 13.0. The van der Waals surface area contributed by atoms with Crippen molar-refractivity contribution in [1.29, 1.82) is 0 Å². The van der Waals surface area contributed by atoms with E-state index in [4.69, 9.17) is 13.9 Å². The van der Waals surface area contributed by atoms with Gasteiger partial charge in [0.25, 0.3) is 0 Å². The summed E-state index contributed by atoms with van der Waals surface area (Å²) in [6.45, 7) is 7.34. The Kier molecular flexibility index (Phi) is 7.76. The fourth-order valence-electron chi connectivity index (χ4n) is 4.99.